The number of piperidine rings is 1. The molecular weight excluding hydrogens is 200 g/mol. The first-order valence-corrected chi connectivity index (χ1v) is 6.38. The number of hydrogen-bond donors (Lipinski definition) is 1. The zero-order valence-corrected chi connectivity index (χ0v) is 9.89. The van der Waals surface area contributed by atoms with Gasteiger partial charge in [-0.15, -0.1) is 0 Å². The van der Waals surface area contributed by atoms with Gasteiger partial charge in [0.05, 0.1) is 0 Å². The second-order valence-electron chi connectivity index (χ2n) is 4.88. The van der Waals surface area contributed by atoms with Crippen LogP contribution in [-0.2, 0) is 6.54 Å². The molecule has 0 aliphatic carbocycles. The highest BCUT2D eigenvalue weighted by atomic mass is 15.3. The van der Waals surface area contributed by atoms with E-state index in [2.05, 4.69) is 32.9 Å². The number of hydrogen-bond acceptors (Lipinski definition) is 3. The van der Waals surface area contributed by atoms with Crippen molar-refractivity contribution in [1.82, 2.24) is 14.9 Å². The molecule has 0 bridgehead atoms. The highest BCUT2D eigenvalue weighted by Crippen LogP contribution is 2.28. The molecule has 2 fully saturated rings. The Bertz CT molecular complexity index is 346. The Hall–Kier alpha value is -1.03. The van der Waals surface area contributed by atoms with Crippen LogP contribution in [0, 0.1) is 5.92 Å². The van der Waals surface area contributed by atoms with E-state index < -0.39 is 0 Å². The van der Waals surface area contributed by atoms with Gasteiger partial charge >= 0.3 is 0 Å². The molecule has 0 saturated carbocycles. The first-order chi connectivity index (χ1) is 7.88. The predicted molar refractivity (Wildman–Crippen MR) is 64.6 cm³/mol. The van der Waals surface area contributed by atoms with E-state index in [0.717, 1.165) is 25.0 Å². The molecule has 4 heteroatoms. The Morgan fingerprint density at radius 2 is 2.44 bits per heavy atom. The van der Waals surface area contributed by atoms with Crippen LogP contribution in [0.25, 0.3) is 0 Å². The molecule has 3 rings (SSSR count). The topological polar surface area (TPSA) is 33.1 Å². The monoisotopic (exact) mass is 220 g/mol. The first kappa shape index (κ1) is 10.1. The maximum atomic E-state index is 4.49. The van der Waals surface area contributed by atoms with Crippen molar-refractivity contribution < 1.29 is 0 Å². The molecule has 1 N–H and O–H groups in total. The Kier molecular flexibility index (Phi) is 2.59. The number of nitrogens with zero attached hydrogens (tertiary/aromatic N) is 3. The van der Waals surface area contributed by atoms with E-state index in [1.54, 1.807) is 0 Å². The van der Waals surface area contributed by atoms with Crippen LogP contribution >= 0.6 is 0 Å². The van der Waals surface area contributed by atoms with E-state index in [1.807, 2.05) is 6.20 Å². The smallest absolute Gasteiger partial charge is 0.205 e. The molecule has 88 valence electrons. The van der Waals surface area contributed by atoms with E-state index in [9.17, 15) is 0 Å². The summed E-state index contributed by atoms with van der Waals surface area (Å²) in [5, 5.41) is 3.63. The summed E-state index contributed by atoms with van der Waals surface area (Å²) in [6.07, 6.45) is 6.69. The molecule has 0 spiro atoms. The fourth-order valence-corrected chi connectivity index (χ4v) is 3.04. The molecule has 0 radical (unpaired) electrons. The van der Waals surface area contributed by atoms with Gasteiger partial charge in [0.2, 0.25) is 5.95 Å². The highest BCUT2D eigenvalue weighted by molar-refractivity contribution is 5.34. The van der Waals surface area contributed by atoms with Crippen molar-refractivity contribution in [3.63, 3.8) is 0 Å². The average molecular weight is 220 g/mol. The highest BCUT2D eigenvalue weighted by Gasteiger charge is 2.35. The molecule has 1 aromatic heterocycles. The lowest BCUT2D eigenvalue weighted by Crippen LogP contribution is -2.40. The maximum absolute atomic E-state index is 4.49. The predicted octanol–water partition coefficient (Wildman–Crippen LogP) is 1.09. The molecular formula is C12H20N4. The molecule has 0 aromatic carbocycles. The van der Waals surface area contributed by atoms with Crippen molar-refractivity contribution >= 4 is 5.95 Å². The van der Waals surface area contributed by atoms with E-state index in [0.29, 0.717) is 6.04 Å². The number of aromatic nitrogens is 2. The Morgan fingerprint density at radius 3 is 3.25 bits per heavy atom. The van der Waals surface area contributed by atoms with Crippen molar-refractivity contribution in [2.24, 2.45) is 5.92 Å². The third-order valence-corrected chi connectivity index (χ3v) is 3.92. The number of nitrogens with one attached hydrogen (secondary N) is 1. The minimum atomic E-state index is 0.691. The molecule has 16 heavy (non-hydrogen) atoms. The van der Waals surface area contributed by atoms with Gasteiger partial charge < -0.3 is 14.8 Å². The molecule has 2 aliphatic heterocycles. The Labute approximate surface area is 96.7 Å². The Balaban J connectivity index is 1.77. The van der Waals surface area contributed by atoms with Gasteiger partial charge in [0.15, 0.2) is 0 Å². The van der Waals surface area contributed by atoms with Gasteiger partial charge in [0, 0.05) is 38.1 Å². The van der Waals surface area contributed by atoms with Crippen LogP contribution in [-0.4, -0.2) is 35.2 Å². The SMILES string of the molecule is CCn1ccnc1N1C[C@@H]2CCCN[C@@H]2C1. The molecule has 4 nitrogen and oxygen atoms in total. The second-order valence-corrected chi connectivity index (χ2v) is 4.88. The van der Waals surface area contributed by atoms with Gasteiger partial charge in [-0.1, -0.05) is 0 Å². The molecule has 2 atom stereocenters. The van der Waals surface area contributed by atoms with E-state index in [1.165, 1.54) is 25.9 Å². The molecule has 3 heterocycles. The second kappa shape index (κ2) is 4.09. The van der Waals surface area contributed by atoms with Crippen LogP contribution in [0.15, 0.2) is 12.4 Å². The van der Waals surface area contributed by atoms with Crippen molar-refractivity contribution in [3.8, 4) is 0 Å². The zero-order chi connectivity index (χ0) is 11.0. The largest absolute Gasteiger partial charge is 0.340 e. The lowest BCUT2D eigenvalue weighted by molar-refractivity contribution is 0.340. The third-order valence-electron chi connectivity index (χ3n) is 3.92. The maximum Gasteiger partial charge on any atom is 0.205 e. The first-order valence-electron chi connectivity index (χ1n) is 6.38. The number of rotatable bonds is 2. The van der Waals surface area contributed by atoms with Crippen molar-refractivity contribution in [1.29, 1.82) is 0 Å². The fraction of sp³-hybridized carbons (Fsp3) is 0.750. The van der Waals surface area contributed by atoms with Gasteiger partial charge in [-0.25, -0.2) is 4.98 Å². The van der Waals surface area contributed by atoms with Crippen LogP contribution in [0.5, 0.6) is 0 Å². The molecule has 0 unspecified atom stereocenters. The van der Waals surface area contributed by atoms with Crippen LogP contribution < -0.4 is 10.2 Å². The number of fused-ring (bicyclic) bond motifs is 1. The summed E-state index contributed by atoms with van der Waals surface area (Å²) < 4.78 is 2.23. The number of aryl methyl sites for hydroxylation is 1. The fourth-order valence-electron chi connectivity index (χ4n) is 3.04. The molecule has 0 amide bonds. The lowest BCUT2D eigenvalue weighted by atomic mass is 9.94. The van der Waals surface area contributed by atoms with Crippen molar-refractivity contribution in [2.45, 2.75) is 32.4 Å². The van der Waals surface area contributed by atoms with Gasteiger partial charge in [-0.2, -0.15) is 0 Å². The number of imidazole rings is 1. The van der Waals surface area contributed by atoms with Crippen molar-refractivity contribution in [2.75, 3.05) is 24.5 Å². The van der Waals surface area contributed by atoms with Crippen LogP contribution in [0.3, 0.4) is 0 Å². The molecule has 1 aromatic rings. The van der Waals surface area contributed by atoms with Gasteiger partial charge in [0.1, 0.15) is 0 Å². The van der Waals surface area contributed by atoms with Crippen LogP contribution in [0.4, 0.5) is 5.95 Å². The summed E-state index contributed by atoms with van der Waals surface area (Å²) in [5.41, 5.74) is 0. The summed E-state index contributed by atoms with van der Waals surface area (Å²) in [7, 11) is 0. The van der Waals surface area contributed by atoms with Gasteiger partial charge in [0.25, 0.3) is 0 Å². The van der Waals surface area contributed by atoms with E-state index in [4.69, 9.17) is 0 Å². The standard InChI is InChI=1S/C12H20N4/c1-2-15-7-6-14-12(15)16-8-10-4-3-5-13-11(10)9-16/h6-7,10-11,13H,2-5,8-9H2,1H3/t10-,11+/m0/s1. The minimum Gasteiger partial charge on any atom is -0.340 e. The summed E-state index contributed by atoms with van der Waals surface area (Å²) in [6.45, 7) is 6.68. The van der Waals surface area contributed by atoms with E-state index >= 15 is 0 Å². The molecule has 2 saturated heterocycles. The zero-order valence-electron chi connectivity index (χ0n) is 9.89. The number of anilines is 1. The third kappa shape index (κ3) is 1.61. The summed E-state index contributed by atoms with van der Waals surface area (Å²) >= 11 is 0. The minimum absolute atomic E-state index is 0.691. The normalized spacial score (nSPS) is 29.4. The quantitative estimate of drug-likeness (QED) is 0.810. The summed E-state index contributed by atoms with van der Waals surface area (Å²) in [6, 6.07) is 0.691. The van der Waals surface area contributed by atoms with Crippen LogP contribution in [0.2, 0.25) is 0 Å². The summed E-state index contributed by atoms with van der Waals surface area (Å²) in [5.74, 6) is 1.98. The lowest BCUT2D eigenvalue weighted by Gasteiger charge is -2.24. The van der Waals surface area contributed by atoms with Crippen LogP contribution in [0.1, 0.15) is 19.8 Å². The summed E-state index contributed by atoms with van der Waals surface area (Å²) in [4.78, 5) is 6.93. The molecule has 2 aliphatic rings. The Morgan fingerprint density at radius 1 is 1.50 bits per heavy atom. The average Bonchev–Trinajstić information content (AvgIpc) is 2.94. The van der Waals surface area contributed by atoms with Crippen molar-refractivity contribution in [3.05, 3.63) is 12.4 Å². The van der Waals surface area contributed by atoms with E-state index in [-0.39, 0.29) is 0 Å². The van der Waals surface area contributed by atoms with Gasteiger partial charge in [-0.05, 0) is 32.2 Å². The van der Waals surface area contributed by atoms with Gasteiger partial charge in [-0.3, -0.25) is 0 Å².